The van der Waals surface area contributed by atoms with Gasteiger partial charge in [0.25, 0.3) is 5.91 Å². The van der Waals surface area contributed by atoms with Gasteiger partial charge in [-0.05, 0) is 43.2 Å². The van der Waals surface area contributed by atoms with Gasteiger partial charge in [-0.1, -0.05) is 0 Å². The molecule has 0 radical (unpaired) electrons. The van der Waals surface area contributed by atoms with Gasteiger partial charge >= 0.3 is 0 Å². The van der Waals surface area contributed by atoms with Gasteiger partial charge in [0.2, 0.25) is 0 Å². The van der Waals surface area contributed by atoms with E-state index in [2.05, 4.69) is 4.98 Å². The van der Waals surface area contributed by atoms with Crippen LogP contribution in [0.1, 0.15) is 35.3 Å². The van der Waals surface area contributed by atoms with Crippen molar-refractivity contribution in [3.8, 4) is 6.07 Å². The van der Waals surface area contributed by atoms with Crippen LogP contribution in [0.25, 0.3) is 0 Å². The number of carbonyl (C=O) groups excluding carboxylic acids is 1. The van der Waals surface area contributed by atoms with Crippen molar-refractivity contribution in [2.45, 2.75) is 25.3 Å². The molecule has 5 heteroatoms. The van der Waals surface area contributed by atoms with Gasteiger partial charge in [-0.3, -0.25) is 4.79 Å². The van der Waals surface area contributed by atoms with Gasteiger partial charge in [-0.25, -0.2) is 4.98 Å². The van der Waals surface area contributed by atoms with E-state index in [9.17, 15) is 4.79 Å². The first-order valence-corrected chi connectivity index (χ1v) is 7.08. The minimum Gasteiger partial charge on any atom is -0.337 e. The molecule has 2 N–H and O–H groups in total. The summed E-state index contributed by atoms with van der Waals surface area (Å²) in [6, 6.07) is 5.57. The number of nitrogens with two attached hydrogens (primary N) is 1. The largest absolute Gasteiger partial charge is 0.337 e. The summed E-state index contributed by atoms with van der Waals surface area (Å²) >= 11 is 0. The minimum atomic E-state index is -0.0301. The first-order chi connectivity index (χ1) is 9.67. The predicted octanol–water partition coefficient (Wildman–Crippen LogP) is 1.15. The van der Waals surface area contributed by atoms with Gasteiger partial charge in [0, 0.05) is 25.3 Å². The Bertz CT molecular complexity index is 548. The fraction of sp³-hybridized carbons (Fsp3) is 0.533. The second-order valence-corrected chi connectivity index (χ2v) is 5.85. The highest BCUT2D eigenvalue weighted by Crippen LogP contribution is 2.36. The Balaban J connectivity index is 1.70. The van der Waals surface area contributed by atoms with Crippen molar-refractivity contribution in [1.29, 1.82) is 5.26 Å². The molecule has 1 aliphatic carbocycles. The van der Waals surface area contributed by atoms with Gasteiger partial charge in [-0.2, -0.15) is 5.26 Å². The lowest BCUT2D eigenvalue weighted by atomic mass is 9.79. The monoisotopic (exact) mass is 270 g/mol. The zero-order chi connectivity index (χ0) is 14.1. The second-order valence-electron chi connectivity index (χ2n) is 5.85. The van der Waals surface area contributed by atoms with Crippen molar-refractivity contribution in [2.75, 3.05) is 13.1 Å². The zero-order valence-electron chi connectivity index (χ0n) is 11.3. The van der Waals surface area contributed by atoms with Crippen LogP contribution in [-0.4, -0.2) is 34.9 Å². The maximum atomic E-state index is 12.4. The Hall–Kier alpha value is -1.93. The van der Waals surface area contributed by atoms with Crippen molar-refractivity contribution in [3.05, 3.63) is 29.6 Å². The average Bonchev–Trinajstić information content (AvgIpc) is 2.89. The summed E-state index contributed by atoms with van der Waals surface area (Å²) in [4.78, 5) is 18.4. The van der Waals surface area contributed by atoms with E-state index >= 15 is 0 Å². The third-order valence-corrected chi connectivity index (χ3v) is 4.49. The first-order valence-electron chi connectivity index (χ1n) is 7.08. The van der Waals surface area contributed by atoms with Crippen LogP contribution in [0, 0.1) is 23.2 Å². The van der Waals surface area contributed by atoms with Crippen molar-refractivity contribution in [2.24, 2.45) is 17.6 Å². The number of aromatic nitrogens is 1. The van der Waals surface area contributed by atoms with Crippen LogP contribution in [0.5, 0.6) is 0 Å². The molecule has 5 nitrogen and oxygen atoms in total. The molecule has 1 aromatic rings. The molecule has 104 valence electrons. The van der Waals surface area contributed by atoms with Gasteiger partial charge in [0.1, 0.15) is 11.8 Å². The van der Waals surface area contributed by atoms with E-state index < -0.39 is 0 Å². The molecular formula is C15H18N4O. The van der Waals surface area contributed by atoms with Gasteiger partial charge in [0.15, 0.2) is 0 Å². The Morgan fingerprint density at radius 3 is 2.85 bits per heavy atom. The molecule has 1 amide bonds. The lowest BCUT2D eigenvalue weighted by Gasteiger charge is -2.27. The van der Waals surface area contributed by atoms with E-state index in [1.165, 1.54) is 6.20 Å². The third kappa shape index (κ3) is 2.39. The van der Waals surface area contributed by atoms with E-state index in [-0.39, 0.29) is 5.91 Å². The van der Waals surface area contributed by atoms with Crippen molar-refractivity contribution in [3.63, 3.8) is 0 Å². The number of nitrogens with zero attached hydrogens (tertiary/aromatic N) is 3. The average molecular weight is 270 g/mol. The fourth-order valence-electron chi connectivity index (χ4n) is 3.38. The van der Waals surface area contributed by atoms with Gasteiger partial charge in [0.05, 0.1) is 5.56 Å². The van der Waals surface area contributed by atoms with E-state index in [4.69, 9.17) is 11.0 Å². The first kappa shape index (κ1) is 13.1. The normalized spacial score (nSPS) is 28.8. The Kier molecular flexibility index (Phi) is 3.41. The molecule has 3 atom stereocenters. The molecule has 2 aliphatic rings. The minimum absolute atomic E-state index is 0.0301. The molecule has 1 aliphatic heterocycles. The van der Waals surface area contributed by atoms with Crippen LogP contribution < -0.4 is 5.73 Å². The van der Waals surface area contributed by atoms with Crippen molar-refractivity contribution < 1.29 is 4.79 Å². The van der Waals surface area contributed by atoms with Crippen LogP contribution in [0.4, 0.5) is 0 Å². The van der Waals surface area contributed by atoms with Crippen LogP contribution in [-0.2, 0) is 0 Å². The van der Waals surface area contributed by atoms with Gasteiger partial charge < -0.3 is 10.6 Å². The number of nitriles is 1. The molecular weight excluding hydrogens is 252 g/mol. The SMILES string of the molecule is N#Cc1ccc(C(=O)N2C[C@H]3CCC(N)C[C@H]3C2)nc1. The van der Waals surface area contributed by atoms with Crippen LogP contribution in [0.3, 0.4) is 0 Å². The molecule has 1 saturated heterocycles. The molecule has 0 spiro atoms. The number of hydrogen-bond acceptors (Lipinski definition) is 4. The number of likely N-dealkylation sites (tertiary alicyclic amines) is 1. The molecule has 20 heavy (non-hydrogen) atoms. The summed E-state index contributed by atoms with van der Waals surface area (Å²) < 4.78 is 0. The molecule has 1 aromatic heterocycles. The summed E-state index contributed by atoms with van der Waals surface area (Å²) in [6.07, 6.45) is 4.66. The zero-order valence-corrected chi connectivity index (χ0v) is 11.3. The maximum Gasteiger partial charge on any atom is 0.272 e. The highest BCUT2D eigenvalue weighted by Gasteiger charge is 2.38. The van der Waals surface area contributed by atoms with Crippen molar-refractivity contribution in [1.82, 2.24) is 9.88 Å². The number of amides is 1. The number of carbonyl (C=O) groups is 1. The number of fused-ring (bicyclic) bond motifs is 1. The number of pyridine rings is 1. The highest BCUT2D eigenvalue weighted by atomic mass is 16.2. The van der Waals surface area contributed by atoms with E-state index in [0.717, 1.165) is 32.4 Å². The summed E-state index contributed by atoms with van der Waals surface area (Å²) in [5, 5.41) is 8.75. The molecule has 1 unspecified atom stereocenters. The Labute approximate surface area is 118 Å². The van der Waals surface area contributed by atoms with E-state index in [1.807, 2.05) is 11.0 Å². The van der Waals surface area contributed by atoms with Crippen LogP contribution >= 0.6 is 0 Å². The maximum absolute atomic E-state index is 12.4. The molecule has 3 rings (SSSR count). The number of rotatable bonds is 1. The van der Waals surface area contributed by atoms with Crippen LogP contribution in [0.2, 0.25) is 0 Å². The highest BCUT2D eigenvalue weighted by molar-refractivity contribution is 5.92. The molecule has 2 heterocycles. The summed E-state index contributed by atoms with van der Waals surface area (Å²) in [7, 11) is 0. The van der Waals surface area contributed by atoms with E-state index in [1.54, 1.807) is 12.1 Å². The van der Waals surface area contributed by atoms with Crippen LogP contribution in [0.15, 0.2) is 18.3 Å². The van der Waals surface area contributed by atoms with Crippen molar-refractivity contribution >= 4 is 5.91 Å². The fourth-order valence-corrected chi connectivity index (χ4v) is 3.38. The second kappa shape index (κ2) is 5.22. The summed E-state index contributed by atoms with van der Waals surface area (Å²) in [5.74, 6) is 1.11. The number of hydrogen-bond donors (Lipinski definition) is 1. The Morgan fingerprint density at radius 2 is 2.15 bits per heavy atom. The topological polar surface area (TPSA) is 83.0 Å². The molecule has 2 fully saturated rings. The summed E-state index contributed by atoms with van der Waals surface area (Å²) in [6.45, 7) is 1.61. The Morgan fingerprint density at radius 1 is 1.35 bits per heavy atom. The van der Waals surface area contributed by atoms with E-state index in [0.29, 0.717) is 29.1 Å². The molecule has 1 saturated carbocycles. The lowest BCUT2D eigenvalue weighted by molar-refractivity contribution is 0.0778. The quantitative estimate of drug-likeness (QED) is 0.830. The standard InChI is InChI=1S/C15H18N4O/c16-6-10-1-4-14(18-7-10)15(20)19-8-11-2-3-13(17)5-12(11)9-19/h1,4,7,11-13H,2-3,5,8-9,17H2/t11-,12+,13?/m1/s1. The lowest BCUT2D eigenvalue weighted by Crippen LogP contribution is -2.32. The molecule has 0 bridgehead atoms. The third-order valence-electron chi connectivity index (χ3n) is 4.49. The predicted molar refractivity (Wildman–Crippen MR) is 73.7 cm³/mol. The smallest absolute Gasteiger partial charge is 0.272 e. The summed E-state index contributed by atoms with van der Waals surface area (Å²) in [5.41, 5.74) is 6.91. The van der Waals surface area contributed by atoms with Gasteiger partial charge in [-0.15, -0.1) is 0 Å². The molecule has 0 aromatic carbocycles.